The van der Waals surface area contributed by atoms with Gasteiger partial charge in [0.1, 0.15) is 34.8 Å². The molecule has 254 valence electrons. The van der Waals surface area contributed by atoms with E-state index in [-0.39, 0.29) is 18.2 Å². The van der Waals surface area contributed by atoms with Gasteiger partial charge in [-0.15, -0.1) is 0 Å². The lowest BCUT2D eigenvalue weighted by molar-refractivity contribution is -0.0935. The largest absolute Gasteiger partial charge is 0.497 e. The molecule has 1 unspecified atom stereocenters. The molecule has 1 fully saturated rings. The van der Waals surface area contributed by atoms with Crippen molar-refractivity contribution in [3.8, 4) is 11.5 Å². The van der Waals surface area contributed by atoms with Crippen LogP contribution in [0.4, 0.5) is 10.1 Å². The third-order valence-electron chi connectivity index (χ3n) is 8.95. The highest BCUT2D eigenvalue weighted by Gasteiger charge is 2.48. The highest BCUT2D eigenvalue weighted by Crippen LogP contribution is 2.43. The number of nitrogens with zero attached hydrogens (tertiary/aromatic N) is 3. The molecule has 1 amide bonds. The number of nitrogens with one attached hydrogen (secondary N) is 1. The smallest absolute Gasteiger partial charge is 0.255 e. The minimum absolute atomic E-state index is 0.177. The first kappa shape index (κ1) is 32.9. The number of carbonyl (C=O) groups is 1. The van der Waals surface area contributed by atoms with Gasteiger partial charge in [-0.3, -0.25) is 9.36 Å². The SMILES string of the molecule is COc1ccc(C(OC[C@H]2OC(n3cnc4c(NC(=O)c5ccccc5)ccnc43)[C@@H](F)[C@@H]2O)(c2ccccc2)c2ccc(OC)cc2)cc1. The van der Waals surface area contributed by atoms with Crippen LogP contribution < -0.4 is 14.8 Å². The molecule has 0 saturated carbocycles. The standard InChI is InChI=1S/C39H35FN4O6/c1-47-29-17-13-27(14-18-29)39(26-11-7-4-8-12-26,28-15-19-30(48-2)20-16-28)49-23-32-35(45)33(40)38(50-32)44-24-42-34-31(21-22-41-36(34)44)43-37(46)25-9-5-3-6-10-25/h3-22,24,32-33,35,38,45H,23H2,1-2H3,(H,41,43,46)/t32-,33+,35-,38?/m1/s1. The summed E-state index contributed by atoms with van der Waals surface area (Å²) in [6.45, 7) is -0.177. The molecule has 2 N–H and O–H groups in total. The summed E-state index contributed by atoms with van der Waals surface area (Å²) in [7, 11) is 3.20. The molecular weight excluding hydrogens is 639 g/mol. The van der Waals surface area contributed by atoms with E-state index in [2.05, 4.69) is 15.3 Å². The van der Waals surface area contributed by atoms with Crippen LogP contribution in [0.25, 0.3) is 11.2 Å². The number of ether oxygens (including phenoxy) is 4. The Bertz CT molecular complexity index is 2010. The van der Waals surface area contributed by atoms with Gasteiger partial charge in [0.25, 0.3) is 5.91 Å². The first-order chi connectivity index (χ1) is 24.4. The first-order valence-corrected chi connectivity index (χ1v) is 16.1. The maximum atomic E-state index is 16.0. The Kier molecular flexibility index (Phi) is 9.27. The maximum absolute atomic E-state index is 16.0. The fraction of sp³-hybridized carbons (Fsp3) is 0.205. The Balaban J connectivity index is 1.20. The number of hydrogen-bond donors (Lipinski definition) is 2. The summed E-state index contributed by atoms with van der Waals surface area (Å²) in [5, 5.41) is 14.1. The highest BCUT2D eigenvalue weighted by molar-refractivity contribution is 6.07. The van der Waals surface area contributed by atoms with Crippen molar-refractivity contribution < 1.29 is 33.2 Å². The molecule has 1 aliphatic heterocycles. The second kappa shape index (κ2) is 14.1. The second-order valence-corrected chi connectivity index (χ2v) is 11.8. The molecule has 10 nitrogen and oxygen atoms in total. The van der Waals surface area contributed by atoms with Crippen LogP contribution in [0.5, 0.6) is 11.5 Å². The molecule has 3 heterocycles. The zero-order chi connectivity index (χ0) is 34.7. The summed E-state index contributed by atoms with van der Waals surface area (Å²) in [6, 6.07) is 35.1. The van der Waals surface area contributed by atoms with E-state index in [0.29, 0.717) is 28.3 Å². The number of hydrogen-bond acceptors (Lipinski definition) is 8. The second-order valence-electron chi connectivity index (χ2n) is 11.8. The number of imidazole rings is 1. The van der Waals surface area contributed by atoms with Crippen molar-refractivity contribution in [2.45, 2.75) is 30.2 Å². The summed E-state index contributed by atoms with van der Waals surface area (Å²) in [5.74, 6) is 1.02. The molecule has 2 aromatic heterocycles. The third kappa shape index (κ3) is 6.07. The van der Waals surface area contributed by atoms with E-state index in [1.807, 2.05) is 84.9 Å². The van der Waals surface area contributed by atoms with E-state index in [9.17, 15) is 9.90 Å². The zero-order valence-electron chi connectivity index (χ0n) is 27.3. The molecule has 0 aliphatic carbocycles. The van der Waals surface area contributed by atoms with Crippen LogP contribution in [-0.4, -0.2) is 64.8 Å². The molecule has 11 heteroatoms. The Morgan fingerprint density at radius 3 is 2.02 bits per heavy atom. The number of fused-ring (bicyclic) bond motifs is 1. The number of aliphatic hydroxyl groups is 1. The van der Waals surface area contributed by atoms with Crippen LogP contribution in [0.3, 0.4) is 0 Å². The predicted octanol–water partition coefficient (Wildman–Crippen LogP) is 6.31. The molecule has 50 heavy (non-hydrogen) atoms. The van der Waals surface area contributed by atoms with E-state index < -0.39 is 30.2 Å². The lowest BCUT2D eigenvalue weighted by Gasteiger charge is -2.37. The predicted molar refractivity (Wildman–Crippen MR) is 185 cm³/mol. The number of benzene rings is 4. The average Bonchev–Trinajstić information content (AvgIpc) is 3.73. The quantitative estimate of drug-likeness (QED) is 0.154. The van der Waals surface area contributed by atoms with Gasteiger partial charge in [-0.25, -0.2) is 14.4 Å². The minimum Gasteiger partial charge on any atom is -0.497 e. The third-order valence-corrected chi connectivity index (χ3v) is 8.95. The van der Waals surface area contributed by atoms with Gasteiger partial charge in [-0.2, -0.15) is 0 Å². The van der Waals surface area contributed by atoms with Gasteiger partial charge in [0.2, 0.25) is 0 Å². The number of aromatic nitrogens is 3. The van der Waals surface area contributed by atoms with E-state index >= 15 is 4.39 Å². The van der Waals surface area contributed by atoms with Crippen molar-refractivity contribution >= 4 is 22.8 Å². The first-order valence-electron chi connectivity index (χ1n) is 16.1. The molecule has 4 aromatic carbocycles. The summed E-state index contributed by atoms with van der Waals surface area (Å²) >= 11 is 0. The molecule has 1 saturated heterocycles. The Labute approximate surface area is 288 Å². The molecule has 1 aliphatic rings. The number of alkyl halides is 1. The van der Waals surface area contributed by atoms with E-state index in [1.165, 1.54) is 17.1 Å². The van der Waals surface area contributed by atoms with Gasteiger partial charge >= 0.3 is 0 Å². The van der Waals surface area contributed by atoms with Crippen LogP contribution in [0.1, 0.15) is 33.3 Å². The van der Waals surface area contributed by atoms with Crippen LogP contribution in [0.15, 0.2) is 128 Å². The number of anilines is 1. The summed E-state index contributed by atoms with van der Waals surface area (Å²) in [4.78, 5) is 21.7. The molecule has 0 bridgehead atoms. The van der Waals surface area contributed by atoms with Crippen LogP contribution in [0, 0.1) is 0 Å². The van der Waals surface area contributed by atoms with Crippen molar-refractivity contribution in [3.05, 3.63) is 150 Å². The molecule has 0 radical (unpaired) electrons. The Hall–Kier alpha value is -5.62. The van der Waals surface area contributed by atoms with E-state index in [0.717, 1.165) is 16.7 Å². The van der Waals surface area contributed by atoms with Gasteiger partial charge in [0.05, 0.1) is 32.8 Å². The Morgan fingerprint density at radius 2 is 1.42 bits per heavy atom. The molecule has 7 rings (SSSR count). The number of pyridine rings is 1. The fourth-order valence-electron chi connectivity index (χ4n) is 6.35. The Morgan fingerprint density at radius 1 is 0.840 bits per heavy atom. The molecule has 0 spiro atoms. The number of amides is 1. The van der Waals surface area contributed by atoms with Crippen molar-refractivity contribution in [1.82, 2.24) is 14.5 Å². The number of halogens is 1. The lowest BCUT2D eigenvalue weighted by atomic mass is 9.80. The van der Waals surface area contributed by atoms with Gasteiger partial charge in [-0.05, 0) is 59.2 Å². The molecular formula is C39H35FN4O6. The van der Waals surface area contributed by atoms with Gasteiger partial charge < -0.3 is 29.4 Å². The summed E-state index contributed by atoms with van der Waals surface area (Å²) in [6.07, 6.45) is -2.79. The van der Waals surface area contributed by atoms with Gasteiger partial charge in [0.15, 0.2) is 18.0 Å². The van der Waals surface area contributed by atoms with Crippen molar-refractivity contribution in [1.29, 1.82) is 0 Å². The normalized spacial score (nSPS) is 19.0. The van der Waals surface area contributed by atoms with Crippen molar-refractivity contribution in [2.24, 2.45) is 0 Å². The van der Waals surface area contributed by atoms with Crippen LogP contribution >= 0.6 is 0 Å². The summed E-state index contributed by atoms with van der Waals surface area (Å²) < 4.78 is 41.4. The maximum Gasteiger partial charge on any atom is 0.255 e. The highest BCUT2D eigenvalue weighted by atomic mass is 19.1. The molecule has 6 aromatic rings. The lowest BCUT2D eigenvalue weighted by Crippen LogP contribution is -2.39. The van der Waals surface area contributed by atoms with Gasteiger partial charge in [-0.1, -0.05) is 72.8 Å². The van der Waals surface area contributed by atoms with Crippen molar-refractivity contribution in [3.63, 3.8) is 0 Å². The monoisotopic (exact) mass is 674 g/mol. The molecule has 4 atom stereocenters. The summed E-state index contributed by atoms with van der Waals surface area (Å²) in [5.41, 5.74) is 2.70. The minimum atomic E-state index is -1.83. The van der Waals surface area contributed by atoms with Crippen LogP contribution in [0.2, 0.25) is 0 Å². The topological polar surface area (TPSA) is 117 Å². The average molecular weight is 675 g/mol. The number of aliphatic hydroxyl groups excluding tert-OH is 1. The van der Waals surface area contributed by atoms with Crippen molar-refractivity contribution in [2.75, 3.05) is 26.1 Å². The number of rotatable bonds is 11. The zero-order valence-corrected chi connectivity index (χ0v) is 27.3. The van der Waals surface area contributed by atoms with Crippen LogP contribution in [-0.2, 0) is 15.1 Å². The fourth-order valence-corrected chi connectivity index (χ4v) is 6.35. The number of methoxy groups -OCH3 is 2. The van der Waals surface area contributed by atoms with E-state index in [4.69, 9.17) is 18.9 Å². The number of carbonyl (C=O) groups excluding carboxylic acids is 1. The van der Waals surface area contributed by atoms with E-state index in [1.54, 1.807) is 44.6 Å². The van der Waals surface area contributed by atoms with Gasteiger partial charge in [0, 0.05) is 11.8 Å².